The van der Waals surface area contributed by atoms with Gasteiger partial charge in [-0.15, -0.1) is 0 Å². The number of phosphoric acid groups is 1. The summed E-state index contributed by atoms with van der Waals surface area (Å²) in [6.07, 6.45) is 0. The Hall–Kier alpha value is 4.66. The van der Waals surface area contributed by atoms with Crippen LogP contribution in [0.3, 0.4) is 0 Å². The Morgan fingerprint density at radius 1 is 1.00 bits per heavy atom. The first-order valence-corrected chi connectivity index (χ1v) is 2.35. The fourth-order valence-electron chi connectivity index (χ4n) is 0. The van der Waals surface area contributed by atoms with Crippen LogP contribution in [-0.4, -0.2) is 151 Å². The van der Waals surface area contributed by atoms with Crippen LogP contribution in [0.2, 0.25) is 0 Å². The van der Waals surface area contributed by atoms with E-state index in [4.69, 9.17) is 19.2 Å². The predicted molar refractivity (Wildman–Crippen MR) is 46.2 cm³/mol. The molecule has 9 heavy (non-hydrogen) atoms. The van der Waals surface area contributed by atoms with Crippen LogP contribution in [0.4, 0.5) is 0 Å². The monoisotopic (exact) mass is 250 g/mol. The molecule has 0 bridgehead atoms. The second-order valence-corrected chi connectivity index (χ2v) is 1.54. The fraction of sp³-hybridized carbons (Fsp3) is 0. The molecule has 0 heterocycles. The minimum absolute atomic E-state index is 0. The summed E-state index contributed by atoms with van der Waals surface area (Å²) in [5.74, 6) is 0. The second-order valence-electron chi connectivity index (χ2n) is 0.513. The molecule has 0 unspecified atom stereocenters. The molecule has 0 aliphatic carbocycles. The first kappa shape index (κ1) is 29.2. The summed E-state index contributed by atoms with van der Waals surface area (Å²) in [4.78, 5) is 21.6. The molecule has 0 aliphatic rings. The molecule has 0 fully saturated rings. The van der Waals surface area contributed by atoms with Gasteiger partial charge in [0.15, 0.2) is 0 Å². The van der Waals surface area contributed by atoms with Crippen molar-refractivity contribution in [1.82, 2.24) is 0 Å². The SMILES string of the molecule is O=P(O)(O)O.[Ca+2].[Ca+2].[Ca+2].[H-].[H-].[H-].[H-].[H-].[H-].[H-].[H-].[Mg+2]. The number of rotatable bonds is 0. The van der Waals surface area contributed by atoms with Gasteiger partial charge in [0.1, 0.15) is 0 Å². The quantitative estimate of drug-likeness (QED) is 0.359. The maximum absolute atomic E-state index is 8.88. The summed E-state index contributed by atoms with van der Waals surface area (Å²) in [5, 5.41) is 0. The Bertz CT molecular complexity index is 78.9. The van der Waals surface area contributed by atoms with Crippen molar-refractivity contribution in [3.63, 3.8) is 0 Å². The van der Waals surface area contributed by atoms with E-state index < -0.39 is 7.82 Å². The van der Waals surface area contributed by atoms with Crippen molar-refractivity contribution in [1.29, 1.82) is 0 Å². The van der Waals surface area contributed by atoms with Gasteiger partial charge in [-0.2, -0.15) is 0 Å². The summed E-state index contributed by atoms with van der Waals surface area (Å²) in [7, 11) is -4.64. The molecule has 0 aromatic carbocycles. The Labute approximate surface area is 171 Å². The van der Waals surface area contributed by atoms with E-state index in [0.717, 1.165) is 0 Å². The molecule has 0 saturated carbocycles. The molecule has 0 spiro atoms. The summed E-state index contributed by atoms with van der Waals surface area (Å²) in [6, 6.07) is 0. The largest absolute Gasteiger partial charge is 2.00 e. The normalized spacial score (nSPS) is 6.56. The van der Waals surface area contributed by atoms with Crippen LogP contribution < -0.4 is 0 Å². The molecular weight excluding hydrogens is 240 g/mol. The number of hydrogen-bond acceptors (Lipinski definition) is 1. The first-order chi connectivity index (χ1) is 2.00. The fourth-order valence-corrected chi connectivity index (χ4v) is 0. The van der Waals surface area contributed by atoms with E-state index in [0.29, 0.717) is 0 Å². The van der Waals surface area contributed by atoms with Crippen molar-refractivity contribution in [2.45, 2.75) is 0 Å². The molecule has 0 saturated heterocycles. The van der Waals surface area contributed by atoms with E-state index in [1.54, 1.807) is 0 Å². The molecule has 9 heteroatoms. The van der Waals surface area contributed by atoms with Gasteiger partial charge in [-0.05, 0) is 0 Å². The first-order valence-electron chi connectivity index (χ1n) is 0.783. The summed E-state index contributed by atoms with van der Waals surface area (Å²) >= 11 is 0. The number of hydrogen-bond donors (Lipinski definition) is 3. The third-order valence-corrected chi connectivity index (χ3v) is 0. The van der Waals surface area contributed by atoms with Crippen molar-refractivity contribution >= 4 is 144 Å². The Morgan fingerprint density at radius 2 is 1.00 bits per heavy atom. The second kappa shape index (κ2) is 15.1. The molecule has 0 aromatic heterocycles. The van der Waals surface area contributed by atoms with Gasteiger partial charge < -0.3 is 26.1 Å². The topological polar surface area (TPSA) is 77.8 Å². The molecule has 4 nitrogen and oxygen atoms in total. The third-order valence-electron chi connectivity index (χ3n) is 0. The van der Waals surface area contributed by atoms with Crippen molar-refractivity contribution in [2.75, 3.05) is 0 Å². The van der Waals surface area contributed by atoms with E-state index in [2.05, 4.69) is 0 Å². The zero-order chi connectivity index (χ0) is 4.50. The Balaban J connectivity index is -0.00000000121. The molecular formula is H11Ca3MgO4P. The van der Waals surface area contributed by atoms with Gasteiger partial charge in [-0.1, -0.05) is 0 Å². The van der Waals surface area contributed by atoms with Gasteiger partial charge >= 0.3 is 144 Å². The predicted octanol–water partition coefficient (Wildman–Crippen LogP) is -1.55. The van der Waals surface area contributed by atoms with Crippen LogP contribution in [0, 0.1) is 0 Å². The molecule has 0 rings (SSSR count). The maximum atomic E-state index is 8.88. The molecule has 3 N–H and O–H groups in total. The zero-order valence-electron chi connectivity index (χ0n) is 13.0. The van der Waals surface area contributed by atoms with Crippen LogP contribution in [0.25, 0.3) is 0 Å². The van der Waals surface area contributed by atoms with Gasteiger partial charge in [0, 0.05) is 0 Å². The summed E-state index contributed by atoms with van der Waals surface area (Å²) < 4.78 is 8.88. The van der Waals surface area contributed by atoms with Gasteiger partial charge in [0.05, 0.1) is 0 Å². The van der Waals surface area contributed by atoms with Gasteiger partial charge in [-0.25, -0.2) is 4.57 Å². The Morgan fingerprint density at radius 3 is 1.00 bits per heavy atom. The molecule has 0 aromatic rings. The molecule has 0 amide bonds. The van der Waals surface area contributed by atoms with Gasteiger partial charge in [-0.3, -0.25) is 0 Å². The van der Waals surface area contributed by atoms with Crippen LogP contribution in [0.1, 0.15) is 11.4 Å². The van der Waals surface area contributed by atoms with Crippen molar-refractivity contribution in [3.8, 4) is 0 Å². The minimum atomic E-state index is -4.64. The Kier molecular flexibility index (Phi) is 49.1. The molecule has 48 valence electrons. The standard InChI is InChI=1S/3Ca.Mg.H3O4P.8H/c;;;;1-5(2,3)4;;;;;;;;/h;;;;(H3,1,2,3,4);;;;;;;;/q4*+2;;8*-1. The smallest absolute Gasteiger partial charge is 1.00 e. The summed E-state index contributed by atoms with van der Waals surface area (Å²) in [5.41, 5.74) is 0. The average Bonchev–Trinajstić information content (AvgIpc) is 0.722. The van der Waals surface area contributed by atoms with Gasteiger partial charge in [0.2, 0.25) is 0 Å². The van der Waals surface area contributed by atoms with E-state index in [-0.39, 0.29) is 148 Å². The van der Waals surface area contributed by atoms with Crippen LogP contribution in [0.5, 0.6) is 0 Å². The molecule has 0 radical (unpaired) electrons. The van der Waals surface area contributed by atoms with Crippen LogP contribution in [0.15, 0.2) is 0 Å². The van der Waals surface area contributed by atoms with E-state index in [1.807, 2.05) is 0 Å². The maximum Gasteiger partial charge on any atom is 2.00 e. The zero-order valence-corrected chi connectivity index (χ0v) is 14.0. The van der Waals surface area contributed by atoms with Gasteiger partial charge in [0.25, 0.3) is 0 Å². The van der Waals surface area contributed by atoms with Crippen LogP contribution >= 0.6 is 7.82 Å². The third kappa shape index (κ3) is 66.3. The molecule has 0 atom stereocenters. The van der Waals surface area contributed by atoms with Crippen molar-refractivity contribution in [3.05, 3.63) is 0 Å². The van der Waals surface area contributed by atoms with E-state index >= 15 is 0 Å². The van der Waals surface area contributed by atoms with E-state index in [9.17, 15) is 0 Å². The minimum Gasteiger partial charge on any atom is -1.00 e. The molecule has 0 aliphatic heterocycles. The summed E-state index contributed by atoms with van der Waals surface area (Å²) in [6.45, 7) is 0. The van der Waals surface area contributed by atoms with Crippen LogP contribution in [-0.2, 0) is 4.57 Å². The average molecular weight is 251 g/mol. The van der Waals surface area contributed by atoms with E-state index in [1.165, 1.54) is 0 Å². The van der Waals surface area contributed by atoms with Crippen molar-refractivity contribution in [2.24, 2.45) is 0 Å². The van der Waals surface area contributed by atoms with Crippen molar-refractivity contribution < 1.29 is 30.7 Å².